The quantitative estimate of drug-likeness (QED) is 0.374. The van der Waals surface area contributed by atoms with E-state index in [1.54, 1.807) is 30.3 Å². The first kappa shape index (κ1) is 23.2. The van der Waals surface area contributed by atoms with Crippen molar-refractivity contribution < 1.29 is 29.0 Å². The zero-order valence-electron chi connectivity index (χ0n) is 18.6. The average Bonchev–Trinajstić information content (AvgIpc) is 2.82. The molecule has 0 spiro atoms. The molecule has 9 heteroatoms. The summed E-state index contributed by atoms with van der Waals surface area (Å²) in [7, 11) is 0. The SMILES string of the molecule is Cc1cccc(NC(=O)COc2ccc(C=C3C(=O)NC(=O)N(c4ccc(O)cc4)C3=O)cc2)c1. The van der Waals surface area contributed by atoms with Gasteiger partial charge in [0.25, 0.3) is 17.7 Å². The highest BCUT2D eigenvalue weighted by molar-refractivity contribution is 6.39. The van der Waals surface area contributed by atoms with Crippen molar-refractivity contribution in [3.8, 4) is 11.5 Å². The number of phenols is 1. The fourth-order valence-electron chi connectivity index (χ4n) is 3.39. The van der Waals surface area contributed by atoms with E-state index in [0.29, 0.717) is 17.0 Å². The second-order valence-corrected chi connectivity index (χ2v) is 7.75. The fraction of sp³-hybridized carbons (Fsp3) is 0.0769. The van der Waals surface area contributed by atoms with E-state index in [9.17, 15) is 24.3 Å². The number of ether oxygens (including phenoxy) is 1. The maximum absolute atomic E-state index is 12.9. The van der Waals surface area contributed by atoms with Crippen LogP contribution in [-0.2, 0) is 14.4 Å². The summed E-state index contributed by atoms with van der Waals surface area (Å²) >= 11 is 0. The zero-order chi connectivity index (χ0) is 24.9. The summed E-state index contributed by atoms with van der Waals surface area (Å²) in [4.78, 5) is 50.4. The number of barbiturate groups is 1. The van der Waals surface area contributed by atoms with Gasteiger partial charge in [0.1, 0.15) is 17.1 Å². The Morgan fingerprint density at radius 2 is 1.74 bits per heavy atom. The average molecular weight is 471 g/mol. The number of benzene rings is 3. The summed E-state index contributed by atoms with van der Waals surface area (Å²) in [5.74, 6) is -1.53. The first-order valence-electron chi connectivity index (χ1n) is 10.6. The third-order valence-electron chi connectivity index (χ3n) is 5.07. The van der Waals surface area contributed by atoms with Crippen LogP contribution in [-0.4, -0.2) is 35.5 Å². The van der Waals surface area contributed by atoms with Crippen LogP contribution in [0.25, 0.3) is 6.08 Å². The Balaban J connectivity index is 1.43. The lowest BCUT2D eigenvalue weighted by Gasteiger charge is -2.26. The van der Waals surface area contributed by atoms with E-state index in [0.717, 1.165) is 10.5 Å². The van der Waals surface area contributed by atoms with Crippen LogP contribution in [0.2, 0.25) is 0 Å². The second-order valence-electron chi connectivity index (χ2n) is 7.75. The number of amides is 5. The molecule has 1 fully saturated rings. The van der Waals surface area contributed by atoms with Crippen molar-refractivity contribution >= 4 is 41.2 Å². The van der Waals surface area contributed by atoms with Crippen molar-refractivity contribution in [2.75, 3.05) is 16.8 Å². The van der Waals surface area contributed by atoms with Crippen molar-refractivity contribution in [3.05, 3.63) is 89.5 Å². The summed E-state index contributed by atoms with van der Waals surface area (Å²) in [5.41, 5.74) is 2.19. The highest BCUT2D eigenvalue weighted by Gasteiger charge is 2.36. The number of aryl methyl sites for hydroxylation is 1. The van der Waals surface area contributed by atoms with Gasteiger partial charge in [-0.15, -0.1) is 0 Å². The van der Waals surface area contributed by atoms with Crippen LogP contribution in [0.1, 0.15) is 11.1 Å². The molecule has 1 heterocycles. The van der Waals surface area contributed by atoms with Gasteiger partial charge in [0.05, 0.1) is 5.69 Å². The van der Waals surface area contributed by atoms with Crippen LogP contribution in [0.15, 0.2) is 78.4 Å². The minimum absolute atomic E-state index is 0.0274. The summed E-state index contributed by atoms with van der Waals surface area (Å²) in [6, 6.07) is 18.4. The predicted molar refractivity (Wildman–Crippen MR) is 129 cm³/mol. The molecule has 0 atom stereocenters. The molecule has 176 valence electrons. The van der Waals surface area contributed by atoms with Gasteiger partial charge >= 0.3 is 6.03 Å². The van der Waals surface area contributed by atoms with Crippen LogP contribution >= 0.6 is 0 Å². The molecule has 0 aliphatic carbocycles. The predicted octanol–water partition coefficient (Wildman–Crippen LogP) is 3.38. The van der Waals surface area contributed by atoms with Gasteiger partial charge in [-0.1, -0.05) is 24.3 Å². The number of carbonyl (C=O) groups excluding carboxylic acids is 4. The Morgan fingerprint density at radius 1 is 1.03 bits per heavy atom. The van der Waals surface area contributed by atoms with Crippen molar-refractivity contribution in [1.82, 2.24) is 5.32 Å². The number of hydrogen-bond acceptors (Lipinski definition) is 6. The maximum Gasteiger partial charge on any atom is 0.335 e. The molecule has 0 radical (unpaired) electrons. The molecule has 1 aliphatic rings. The van der Waals surface area contributed by atoms with Crippen LogP contribution in [0, 0.1) is 6.92 Å². The number of rotatable bonds is 6. The Hall–Kier alpha value is -4.92. The molecule has 0 saturated carbocycles. The highest BCUT2D eigenvalue weighted by Crippen LogP contribution is 2.24. The van der Waals surface area contributed by atoms with E-state index in [1.165, 1.54) is 30.3 Å². The summed E-state index contributed by atoms with van der Waals surface area (Å²) in [6.07, 6.45) is 1.35. The van der Waals surface area contributed by atoms with Gasteiger partial charge in [-0.2, -0.15) is 0 Å². The number of nitrogens with zero attached hydrogens (tertiary/aromatic N) is 1. The molecule has 5 amide bonds. The molecule has 35 heavy (non-hydrogen) atoms. The van der Waals surface area contributed by atoms with Gasteiger partial charge in [-0.3, -0.25) is 19.7 Å². The summed E-state index contributed by atoms with van der Waals surface area (Å²) in [6.45, 7) is 1.73. The molecular formula is C26H21N3O6. The molecule has 0 bridgehead atoms. The van der Waals surface area contributed by atoms with Crippen LogP contribution in [0.4, 0.5) is 16.2 Å². The first-order valence-corrected chi connectivity index (χ1v) is 10.6. The van der Waals surface area contributed by atoms with Crippen LogP contribution in [0.3, 0.4) is 0 Å². The van der Waals surface area contributed by atoms with Gasteiger partial charge in [0, 0.05) is 5.69 Å². The number of nitrogens with one attached hydrogen (secondary N) is 2. The number of hydrogen-bond donors (Lipinski definition) is 3. The Kier molecular flexibility index (Phi) is 6.59. The first-order chi connectivity index (χ1) is 16.8. The normalized spacial score (nSPS) is 14.6. The fourth-order valence-corrected chi connectivity index (χ4v) is 3.39. The molecule has 0 aromatic heterocycles. The summed E-state index contributed by atoms with van der Waals surface area (Å²) < 4.78 is 5.50. The monoisotopic (exact) mass is 471 g/mol. The number of phenolic OH excluding ortho intramolecular Hbond substituents is 1. The topological polar surface area (TPSA) is 125 Å². The second kappa shape index (κ2) is 9.92. The number of anilines is 2. The lowest BCUT2D eigenvalue weighted by atomic mass is 10.1. The van der Waals surface area contributed by atoms with Crippen molar-refractivity contribution in [2.24, 2.45) is 0 Å². The third kappa shape index (κ3) is 5.53. The number of urea groups is 1. The highest BCUT2D eigenvalue weighted by atomic mass is 16.5. The molecule has 0 unspecified atom stereocenters. The van der Waals surface area contributed by atoms with Gasteiger partial charge in [0.2, 0.25) is 0 Å². The Bertz CT molecular complexity index is 1330. The molecule has 9 nitrogen and oxygen atoms in total. The van der Waals surface area contributed by atoms with E-state index in [2.05, 4.69) is 10.6 Å². The van der Waals surface area contributed by atoms with Gasteiger partial charge < -0.3 is 15.2 Å². The third-order valence-corrected chi connectivity index (χ3v) is 5.07. The van der Waals surface area contributed by atoms with Crippen molar-refractivity contribution in [1.29, 1.82) is 0 Å². The van der Waals surface area contributed by atoms with E-state index < -0.39 is 17.8 Å². The molecule has 3 N–H and O–H groups in total. The van der Waals surface area contributed by atoms with Gasteiger partial charge in [-0.05, 0) is 72.7 Å². The smallest absolute Gasteiger partial charge is 0.335 e. The van der Waals surface area contributed by atoms with E-state index in [-0.39, 0.29) is 29.5 Å². The van der Waals surface area contributed by atoms with E-state index in [4.69, 9.17) is 4.74 Å². The molecule has 3 aromatic carbocycles. The molecule has 1 saturated heterocycles. The number of carbonyl (C=O) groups is 4. The maximum atomic E-state index is 12.9. The lowest BCUT2D eigenvalue weighted by molar-refractivity contribution is -0.122. The van der Waals surface area contributed by atoms with Crippen LogP contribution in [0.5, 0.6) is 11.5 Å². The molecule has 4 rings (SSSR count). The minimum Gasteiger partial charge on any atom is -0.508 e. The Morgan fingerprint density at radius 3 is 2.43 bits per heavy atom. The van der Waals surface area contributed by atoms with E-state index in [1.807, 2.05) is 25.1 Å². The minimum atomic E-state index is -0.879. The van der Waals surface area contributed by atoms with Gasteiger partial charge in [0.15, 0.2) is 6.61 Å². The van der Waals surface area contributed by atoms with Crippen molar-refractivity contribution in [3.63, 3.8) is 0 Å². The number of aromatic hydroxyl groups is 1. The van der Waals surface area contributed by atoms with Crippen LogP contribution < -0.4 is 20.3 Å². The number of imide groups is 2. The Labute approximate surface area is 200 Å². The summed E-state index contributed by atoms with van der Waals surface area (Å²) in [5, 5.41) is 14.3. The molecule has 3 aromatic rings. The lowest BCUT2D eigenvalue weighted by Crippen LogP contribution is -2.54. The van der Waals surface area contributed by atoms with Crippen molar-refractivity contribution in [2.45, 2.75) is 6.92 Å². The standard InChI is InChI=1S/C26H21N3O6/c1-16-3-2-4-18(13-16)27-23(31)15-35-21-11-5-17(6-12-21)14-22-24(32)28-26(34)29(25(22)33)19-7-9-20(30)10-8-19/h2-14,30H,15H2,1H3,(H,27,31)(H,28,32,34). The molecular weight excluding hydrogens is 450 g/mol. The zero-order valence-corrected chi connectivity index (χ0v) is 18.6. The molecule has 1 aliphatic heterocycles. The largest absolute Gasteiger partial charge is 0.508 e. The van der Waals surface area contributed by atoms with Gasteiger partial charge in [-0.25, -0.2) is 9.69 Å². The van der Waals surface area contributed by atoms with E-state index >= 15 is 0 Å².